The van der Waals surface area contributed by atoms with Crippen molar-refractivity contribution in [2.75, 3.05) is 36.4 Å². The van der Waals surface area contributed by atoms with Gasteiger partial charge in [0.05, 0.1) is 11.6 Å². The molecule has 5 aliphatic rings. The summed E-state index contributed by atoms with van der Waals surface area (Å²) in [6.45, 7) is 17.9. The van der Waals surface area contributed by atoms with E-state index in [1.807, 2.05) is 16.0 Å². The molecule has 7 rings (SSSR count). The molecule has 1 aromatic heterocycles. The Bertz CT molecular complexity index is 1270. The third-order valence-corrected chi connectivity index (χ3v) is 9.45. The summed E-state index contributed by atoms with van der Waals surface area (Å²) in [5.41, 5.74) is 4.08. The number of ether oxygens (including phenoxy) is 1. The van der Waals surface area contributed by atoms with Crippen LogP contribution in [-0.2, 0) is 16.1 Å². The first-order valence-corrected chi connectivity index (χ1v) is 14.7. The molecule has 1 amide bonds. The third-order valence-electron chi connectivity index (χ3n) is 9.45. The van der Waals surface area contributed by atoms with Crippen molar-refractivity contribution in [3.63, 3.8) is 0 Å². The Balaban J connectivity index is 1.16. The number of aromatic nitrogens is 2. The second kappa shape index (κ2) is 10.5. The quantitative estimate of drug-likeness (QED) is 0.424. The topological polar surface area (TPSA) is 73.8 Å². The molecular weight excluding hydrogens is 500 g/mol. The molecule has 0 spiro atoms. The number of carbonyl (C=O) groups is 1. The maximum atomic E-state index is 12.1. The SMILES string of the molecule is C=CC(=O)N1CCN(C(CC23CC(C2)C3)c2ccc([C@H](C)Nc3ncc4c(n3)N(C(C)C)C(=C)OC4)cc2)CC1. The molecule has 3 aliphatic carbocycles. The highest BCUT2D eigenvalue weighted by Gasteiger charge is 2.57. The summed E-state index contributed by atoms with van der Waals surface area (Å²) in [7, 11) is 0. The minimum Gasteiger partial charge on any atom is -0.474 e. The first-order valence-electron chi connectivity index (χ1n) is 14.7. The van der Waals surface area contributed by atoms with Gasteiger partial charge in [0, 0.05) is 44.5 Å². The fraction of sp³-hybridized carbons (Fsp3) is 0.531. The van der Waals surface area contributed by atoms with Crippen LogP contribution in [-0.4, -0.2) is 57.9 Å². The van der Waals surface area contributed by atoms with Gasteiger partial charge < -0.3 is 15.0 Å². The highest BCUT2D eigenvalue weighted by atomic mass is 16.5. The van der Waals surface area contributed by atoms with Gasteiger partial charge in [0.15, 0.2) is 5.88 Å². The summed E-state index contributed by atoms with van der Waals surface area (Å²) in [6, 6.07) is 9.72. The summed E-state index contributed by atoms with van der Waals surface area (Å²) in [5, 5.41) is 3.50. The molecule has 2 aliphatic heterocycles. The van der Waals surface area contributed by atoms with E-state index in [0.717, 1.165) is 43.5 Å². The Morgan fingerprint density at radius 1 is 1.12 bits per heavy atom. The van der Waals surface area contributed by atoms with Crippen LogP contribution in [0.4, 0.5) is 11.8 Å². The molecule has 3 saturated carbocycles. The average molecular weight is 543 g/mol. The lowest BCUT2D eigenvalue weighted by Crippen LogP contribution is -2.55. The molecule has 2 atom stereocenters. The normalized spacial score (nSPS) is 25.3. The van der Waals surface area contributed by atoms with Gasteiger partial charge in [-0.2, -0.15) is 4.98 Å². The van der Waals surface area contributed by atoms with Crippen LogP contribution in [0.3, 0.4) is 0 Å². The number of carbonyl (C=O) groups excluding carboxylic acids is 1. The van der Waals surface area contributed by atoms with E-state index in [0.29, 0.717) is 29.9 Å². The first-order chi connectivity index (χ1) is 19.2. The number of nitrogens with one attached hydrogen (secondary N) is 1. The number of hydrogen-bond donors (Lipinski definition) is 1. The molecular formula is C32H42N6O2. The van der Waals surface area contributed by atoms with E-state index >= 15 is 0 Å². The molecule has 8 heteroatoms. The minimum atomic E-state index is 0.0412. The molecule has 8 nitrogen and oxygen atoms in total. The van der Waals surface area contributed by atoms with Gasteiger partial charge in [-0.3, -0.25) is 14.6 Å². The third kappa shape index (κ3) is 4.98. The molecule has 3 heterocycles. The van der Waals surface area contributed by atoms with Crippen LogP contribution in [0.25, 0.3) is 0 Å². The van der Waals surface area contributed by atoms with E-state index in [1.54, 1.807) is 0 Å². The van der Waals surface area contributed by atoms with Crippen molar-refractivity contribution in [1.82, 2.24) is 19.8 Å². The molecule has 1 aromatic carbocycles. The summed E-state index contributed by atoms with van der Waals surface area (Å²) in [6.07, 6.45) is 8.68. The van der Waals surface area contributed by atoms with Crippen molar-refractivity contribution in [1.29, 1.82) is 0 Å². The number of amides is 1. The molecule has 2 aromatic rings. The van der Waals surface area contributed by atoms with Crippen LogP contribution >= 0.6 is 0 Å². The van der Waals surface area contributed by atoms with Crippen molar-refractivity contribution in [2.45, 2.75) is 71.2 Å². The van der Waals surface area contributed by atoms with Gasteiger partial charge in [-0.15, -0.1) is 0 Å². The maximum absolute atomic E-state index is 12.1. The Morgan fingerprint density at radius 3 is 2.40 bits per heavy atom. The van der Waals surface area contributed by atoms with Crippen molar-refractivity contribution in [3.05, 3.63) is 72.3 Å². The number of piperazine rings is 1. The second-order valence-electron chi connectivity index (χ2n) is 12.5. The van der Waals surface area contributed by atoms with Crippen LogP contribution in [0.1, 0.15) is 75.2 Å². The molecule has 1 unspecified atom stereocenters. The fourth-order valence-corrected chi connectivity index (χ4v) is 7.10. The molecule has 212 valence electrons. The predicted octanol–water partition coefficient (Wildman–Crippen LogP) is 5.43. The van der Waals surface area contributed by atoms with Crippen LogP contribution in [0, 0.1) is 11.3 Å². The van der Waals surface area contributed by atoms with Gasteiger partial charge in [-0.1, -0.05) is 30.8 Å². The molecule has 4 fully saturated rings. The highest BCUT2D eigenvalue weighted by molar-refractivity contribution is 5.87. The Kier molecular flexibility index (Phi) is 7.07. The zero-order valence-corrected chi connectivity index (χ0v) is 24.1. The van der Waals surface area contributed by atoms with Crippen LogP contribution < -0.4 is 10.2 Å². The number of rotatable bonds is 9. The lowest BCUT2D eigenvalue weighted by Gasteiger charge is -2.64. The Hall–Kier alpha value is -3.39. The molecule has 1 N–H and O–H groups in total. The monoisotopic (exact) mass is 542 g/mol. The standard InChI is InChI=1S/C32H42N6O2/c1-6-29(39)37-13-11-36(12-14-37)28(18-32-15-24(16-32)17-32)26-9-7-25(8-10-26)22(4)34-31-33-19-27-20-40-23(5)38(21(2)3)30(27)35-31/h6-10,19,21-22,24,28H,1,5,11-18,20H2,2-4H3,(H,33,34,35)/t22-,24?,28?,32?/m0/s1. The van der Waals surface area contributed by atoms with Gasteiger partial charge in [0.1, 0.15) is 12.4 Å². The number of hydrogen-bond acceptors (Lipinski definition) is 7. The van der Waals surface area contributed by atoms with Gasteiger partial charge >= 0.3 is 0 Å². The summed E-state index contributed by atoms with van der Waals surface area (Å²) in [4.78, 5) is 28.1. The lowest BCUT2D eigenvalue weighted by molar-refractivity contribution is -0.134. The van der Waals surface area contributed by atoms with Gasteiger partial charge in [-0.05, 0) is 81.6 Å². The van der Waals surface area contributed by atoms with E-state index in [9.17, 15) is 4.79 Å². The summed E-state index contributed by atoms with van der Waals surface area (Å²) >= 11 is 0. The average Bonchev–Trinajstić information content (AvgIpc) is 2.91. The predicted molar refractivity (Wildman–Crippen MR) is 158 cm³/mol. The Labute approximate surface area is 238 Å². The molecule has 0 radical (unpaired) electrons. The Morgan fingerprint density at radius 2 is 1.80 bits per heavy atom. The smallest absolute Gasteiger partial charge is 0.246 e. The largest absolute Gasteiger partial charge is 0.474 e. The van der Waals surface area contributed by atoms with E-state index in [-0.39, 0.29) is 18.0 Å². The van der Waals surface area contributed by atoms with Crippen LogP contribution in [0.5, 0.6) is 0 Å². The zero-order valence-electron chi connectivity index (χ0n) is 24.1. The molecule has 40 heavy (non-hydrogen) atoms. The van der Waals surface area contributed by atoms with E-state index in [4.69, 9.17) is 9.72 Å². The van der Waals surface area contributed by atoms with Crippen molar-refractivity contribution in [2.24, 2.45) is 11.3 Å². The molecule has 1 saturated heterocycles. The number of benzene rings is 1. The lowest BCUT2D eigenvalue weighted by atomic mass is 9.42. The van der Waals surface area contributed by atoms with Crippen molar-refractivity contribution >= 4 is 17.7 Å². The number of fused-ring (bicyclic) bond motifs is 1. The van der Waals surface area contributed by atoms with Crippen LogP contribution in [0.2, 0.25) is 0 Å². The maximum Gasteiger partial charge on any atom is 0.246 e. The van der Waals surface area contributed by atoms with E-state index in [1.165, 1.54) is 42.9 Å². The van der Waals surface area contributed by atoms with E-state index in [2.05, 4.69) is 73.4 Å². The fourth-order valence-electron chi connectivity index (χ4n) is 7.10. The van der Waals surface area contributed by atoms with Crippen molar-refractivity contribution in [3.8, 4) is 0 Å². The van der Waals surface area contributed by atoms with Crippen molar-refractivity contribution < 1.29 is 9.53 Å². The van der Waals surface area contributed by atoms with Crippen LogP contribution in [0.15, 0.2) is 55.6 Å². The number of nitrogens with zero attached hydrogens (tertiary/aromatic N) is 5. The van der Waals surface area contributed by atoms with Gasteiger partial charge in [0.2, 0.25) is 11.9 Å². The van der Waals surface area contributed by atoms with E-state index < -0.39 is 0 Å². The highest BCUT2D eigenvalue weighted by Crippen LogP contribution is 2.68. The summed E-state index contributed by atoms with van der Waals surface area (Å²) < 4.78 is 5.71. The van der Waals surface area contributed by atoms with Gasteiger partial charge in [-0.25, -0.2) is 4.98 Å². The van der Waals surface area contributed by atoms with Gasteiger partial charge in [0.25, 0.3) is 0 Å². The minimum absolute atomic E-state index is 0.0412. The summed E-state index contributed by atoms with van der Waals surface area (Å²) in [5.74, 6) is 3.10. The first kappa shape index (κ1) is 26.8. The number of anilines is 2. The zero-order chi connectivity index (χ0) is 28.0. The molecule has 2 bridgehead atoms. The second-order valence-corrected chi connectivity index (χ2v) is 12.5.